The van der Waals surface area contributed by atoms with Crippen LogP contribution in [0.3, 0.4) is 0 Å². The fraction of sp³-hybridized carbons (Fsp3) is 0.250. The van der Waals surface area contributed by atoms with Crippen LogP contribution < -0.4 is 5.32 Å². The lowest BCUT2D eigenvalue weighted by atomic mass is 10.3. The highest BCUT2D eigenvalue weighted by Crippen LogP contribution is 2.13. The van der Waals surface area contributed by atoms with Gasteiger partial charge in [-0.05, 0) is 24.3 Å². The van der Waals surface area contributed by atoms with Crippen molar-refractivity contribution in [3.05, 3.63) is 46.8 Å². The van der Waals surface area contributed by atoms with Gasteiger partial charge in [0.25, 0.3) is 0 Å². The summed E-state index contributed by atoms with van der Waals surface area (Å²) in [6, 6.07) is 6.39. The molecule has 21 heavy (non-hydrogen) atoms. The van der Waals surface area contributed by atoms with Crippen LogP contribution in [-0.2, 0) is 16.4 Å². The maximum Gasteiger partial charge on any atom is 0.306 e. The van der Waals surface area contributed by atoms with Crippen molar-refractivity contribution in [1.29, 1.82) is 0 Å². The van der Waals surface area contributed by atoms with Crippen molar-refractivity contribution < 1.29 is 13.3 Å². The van der Waals surface area contributed by atoms with Crippen LogP contribution in [0, 0.1) is 10.1 Å². The molecule has 9 heteroatoms. The van der Waals surface area contributed by atoms with Crippen LogP contribution in [0.5, 0.6) is 0 Å². The van der Waals surface area contributed by atoms with E-state index in [9.17, 15) is 18.5 Å². The summed E-state index contributed by atoms with van der Waals surface area (Å²) in [5.41, 5.74) is 0.719. The zero-order valence-electron chi connectivity index (χ0n) is 11.3. The maximum absolute atomic E-state index is 11.3. The highest BCUT2D eigenvalue weighted by molar-refractivity contribution is 7.90. The average molecular weight is 310 g/mol. The molecule has 0 radical (unpaired) electrons. The molecular formula is C12H14N4O4S. The normalized spacial score (nSPS) is 11.3. The minimum absolute atomic E-state index is 0.0486. The van der Waals surface area contributed by atoms with E-state index in [0.717, 1.165) is 11.9 Å². The Kier molecular flexibility index (Phi) is 4.22. The number of anilines is 1. The molecule has 0 amide bonds. The van der Waals surface area contributed by atoms with Crippen molar-refractivity contribution in [3.63, 3.8) is 0 Å². The molecule has 0 aliphatic carbocycles. The number of hydrogen-bond acceptors (Lipinski definition) is 6. The molecule has 0 bridgehead atoms. The number of sulfone groups is 1. The third-order valence-electron chi connectivity index (χ3n) is 2.78. The fourth-order valence-electron chi connectivity index (χ4n) is 1.70. The van der Waals surface area contributed by atoms with Crippen LogP contribution in [0.1, 0.15) is 0 Å². The second kappa shape index (κ2) is 5.92. The molecule has 1 heterocycles. The number of nitrogens with one attached hydrogen (secondary N) is 1. The predicted molar refractivity (Wildman–Crippen MR) is 76.9 cm³/mol. The molecule has 1 aromatic carbocycles. The molecule has 0 aliphatic heterocycles. The lowest BCUT2D eigenvalue weighted by Crippen LogP contribution is -2.10. The van der Waals surface area contributed by atoms with E-state index in [4.69, 9.17) is 0 Å². The number of hydrogen-bond donors (Lipinski definition) is 1. The van der Waals surface area contributed by atoms with Crippen LogP contribution in [-0.4, -0.2) is 35.9 Å². The lowest BCUT2D eigenvalue weighted by molar-refractivity contribution is -0.385. The van der Waals surface area contributed by atoms with E-state index in [1.54, 1.807) is 12.1 Å². The number of nitro groups is 1. The van der Waals surface area contributed by atoms with Crippen molar-refractivity contribution in [2.75, 3.05) is 18.1 Å². The van der Waals surface area contributed by atoms with Gasteiger partial charge in [-0.2, -0.15) is 5.10 Å². The van der Waals surface area contributed by atoms with E-state index >= 15 is 0 Å². The average Bonchev–Trinajstić information content (AvgIpc) is 2.87. The van der Waals surface area contributed by atoms with E-state index < -0.39 is 14.8 Å². The Morgan fingerprint density at radius 2 is 2.00 bits per heavy atom. The molecule has 1 aromatic heterocycles. The molecule has 2 aromatic rings. The highest BCUT2D eigenvalue weighted by Gasteiger charge is 2.08. The molecule has 0 saturated carbocycles. The third-order valence-corrected chi connectivity index (χ3v) is 3.91. The van der Waals surface area contributed by atoms with Gasteiger partial charge in [-0.15, -0.1) is 0 Å². The van der Waals surface area contributed by atoms with E-state index in [1.807, 2.05) is 0 Å². The molecule has 8 nitrogen and oxygen atoms in total. The summed E-state index contributed by atoms with van der Waals surface area (Å²) < 4.78 is 24.1. The Morgan fingerprint density at radius 3 is 2.52 bits per heavy atom. The minimum atomic E-state index is -3.19. The summed E-state index contributed by atoms with van der Waals surface area (Å²) in [6.07, 6.45) is 3.70. The largest absolute Gasteiger partial charge is 0.383 e. The standard InChI is InChI=1S/C12H14N4O4S/c1-21(19,20)12-4-2-10(3-5-12)13-6-7-15-9-11(8-14-15)16(17)18/h2-5,8-9,13H,6-7H2,1H3. The van der Waals surface area contributed by atoms with Gasteiger partial charge in [0.2, 0.25) is 0 Å². The minimum Gasteiger partial charge on any atom is -0.383 e. The molecular weight excluding hydrogens is 296 g/mol. The lowest BCUT2D eigenvalue weighted by Gasteiger charge is -2.07. The van der Waals surface area contributed by atoms with Gasteiger partial charge in [0, 0.05) is 18.5 Å². The Hall–Kier alpha value is -2.42. The van der Waals surface area contributed by atoms with Crippen LogP contribution in [0.2, 0.25) is 0 Å². The van der Waals surface area contributed by atoms with Crippen LogP contribution in [0.4, 0.5) is 11.4 Å². The first-order valence-corrected chi connectivity index (χ1v) is 7.96. The predicted octanol–water partition coefficient (Wildman–Crippen LogP) is 1.31. The van der Waals surface area contributed by atoms with Gasteiger partial charge in [0.15, 0.2) is 9.84 Å². The molecule has 0 unspecified atom stereocenters. The van der Waals surface area contributed by atoms with Gasteiger partial charge in [0.1, 0.15) is 12.4 Å². The van der Waals surface area contributed by atoms with Gasteiger partial charge in [0.05, 0.1) is 16.4 Å². The van der Waals surface area contributed by atoms with Crippen molar-refractivity contribution in [2.24, 2.45) is 0 Å². The summed E-state index contributed by atoms with van der Waals surface area (Å²) in [5.74, 6) is 0. The smallest absolute Gasteiger partial charge is 0.306 e. The molecule has 2 rings (SSSR count). The maximum atomic E-state index is 11.3. The number of rotatable bonds is 6. The molecule has 0 aliphatic rings. The summed E-state index contributed by atoms with van der Waals surface area (Å²) in [6.45, 7) is 0.971. The van der Waals surface area contributed by atoms with E-state index in [0.29, 0.717) is 13.1 Å². The van der Waals surface area contributed by atoms with Crippen molar-refractivity contribution >= 4 is 21.2 Å². The van der Waals surface area contributed by atoms with Gasteiger partial charge < -0.3 is 5.32 Å². The molecule has 0 saturated heterocycles. The van der Waals surface area contributed by atoms with Crippen LogP contribution in [0.25, 0.3) is 0 Å². The van der Waals surface area contributed by atoms with Crippen LogP contribution >= 0.6 is 0 Å². The summed E-state index contributed by atoms with van der Waals surface area (Å²) in [5, 5.41) is 17.5. The zero-order chi connectivity index (χ0) is 15.5. The topological polar surface area (TPSA) is 107 Å². The Morgan fingerprint density at radius 1 is 1.33 bits per heavy atom. The van der Waals surface area contributed by atoms with Gasteiger partial charge in [-0.3, -0.25) is 14.8 Å². The monoisotopic (exact) mass is 310 g/mol. The third kappa shape index (κ3) is 4.02. The quantitative estimate of drug-likeness (QED) is 0.636. The summed E-state index contributed by atoms with van der Waals surface area (Å²) in [4.78, 5) is 10.3. The Bertz CT molecular complexity index is 737. The second-order valence-electron chi connectivity index (χ2n) is 4.44. The molecule has 0 spiro atoms. The van der Waals surface area contributed by atoms with E-state index in [2.05, 4.69) is 10.4 Å². The number of nitrogens with zero attached hydrogens (tertiary/aromatic N) is 3. The van der Waals surface area contributed by atoms with Crippen LogP contribution in [0.15, 0.2) is 41.6 Å². The fourth-order valence-corrected chi connectivity index (χ4v) is 2.33. The first-order chi connectivity index (χ1) is 9.86. The Balaban J connectivity index is 1.89. The molecule has 1 N–H and O–H groups in total. The van der Waals surface area contributed by atoms with Crippen molar-refractivity contribution in [2.45, 2.75) is 11.4 Å². The van der Waals surface area contributed by atoms with E-state index in [1.165, 1.54) is 29.2 Å². The van der Waals surface area contributed by atoms with Crippen molar-refractivity contribution in [3.8, 4) is 0 Å². The first kappa shape index (κ1) is 15.0. The number of aromatic nitrogens is 2. The second-order valence-corrected chi connectivity index (χ2v) is 6.46. The zero-order valence-corrected chi connectivity index (χ0v) is 12.1. The SMILES string of the molecule is CS(=O)(=O)c1ccc(NCCn2cc([N+](=O)[O-])cn2)cc1. The van der Waals surface area contributed by atoms with E-state index in [-0.39, 0.29) is 10.6 Å². The summed E-state index contributed by atoms with van der Waals surface area (Å²) >= 11 is 0. The first-order valence-electron chi connectivity index (χ1n) is 6.07. The Labute approximate surface area is 121 Å². The van der Waals surface area contributed by atoms with Crippen molar-refractivity contribution in [1.82, 2.24) is 9.78 Å². The molecule has 0 atom stereocenters. The number of benzene rings is 1. The van der Waals surface area contributed by atoms with Gasteiger partial charge >= 0.3 is 5.69 Å². The molecule has 112 valence electrons. The highest BCUT2D eigenvalue weighted by atomic mass is 32.2. The summed E-state index contributed by atoms with van der Waals surface area (Å²) in [7, 11) is -3.19. The van der Waals surface area contributed by atoms with Gasteiger partial charge in [-0.1, -0.05) is 0 Å². The van der Waals surface area contributed by atoms with Gasteiger partial charge in [-0.25, -0.2) is 8.42 Å². The molecule has 0 fully saturated rings.